The van der Waals surface area contributed by atoms with Crippen molar-refractivity contribution in [2.24, 2.45) is 0 Å². The van der Waals surface area contributed by atoms with Gasteiger partial charge in [0.05, 0.1) is 11.4 Å². The maximum atomic E-state index is 6.53. The lowest BCUT2D eigenvalue weighted by Gasteiger charge is -2.04. The van der Waals surface area contributed by atoms with E-state index in [2.05, 4.69) is 21.9 Å². The molecule has 0 atom stereocenters. The van der Waals surface area contributed by atoms with E-state index in [9.17, 15) is 0 Å². The van der Waals surface area contributed by atoms with Crippen molar-refractivity contribution in [2.45, 2.75) is 24.4 Å². The highest BCUT2D eigenvalue weighted by molar-refractivity contribution is 7.98. The maximum absolute atomic E-state index is 6.53. The highest BCUT2D eigenvalue weighted by atomic mass is 35.5. The number of aryl methyl sites for hydroxylation is 1. The highest BCUT2D eigenvalue weighted by Crippen LogP contribution is 2.29. The summed E-state index contributed by atoms with van der Waals surface area (Å²) in [5, 5.41) is 14.1. The zero-order valence-corrected chi connectivity index (χ0v) is 14.3. The first kappa shape index (κ1) is 15.8. The lowest BCUT2D eigenvalue weighted by atomic mass is 10.3. The van der Waals surface area contributed by atoms with Crippen LogP contribution in [0.15, 0.2) is 54.5 Å². The molecule has 0 amide bonds. The van der Waals surface area contributed by atoms with Crippen LogP contribution in [0.25, 0.3) is 5.69 Å². The van der Waals surface area contributed by atoms with Crippen molar-refractivity contribution in [2.75, 3.05) is 0 Å². The average Bonchev–Trinajstić information content (AvgIpc) is 3.12. The van der Waals surface area contributed by atoms with Gasteiger partial charge in [-0.25, -0.2) is 4.68 Å². The molecule has 0 spiro atoms. The molecule has 2 aromatic heterocycles. The second-order valence-corrected chi connectivity index (χ2v) is 6.25. The predicted molar refractivity (Wildman–Crippen MR) is 93.1 cm³/mol. The fourth-order valence-corrected chi connectivity index (χ4v) is 3.62. The van der Waals surface area contributed by atoms with Gasteiger partial charge in [-0.2, -0.15) is 5.10 Å². The Hall–Kier alpha value is -2.05. The molecule has 7 heteroatoms. The van der Waals surface area contributed by atoms with Crippen LogP contribution in [0.5, 0.6) is 0 Å². The summed E-state index contributed by atoms with van der Waals surface area (Å²) in [6, 6.07) is 9.87. The Labute approximate surface area is 144 Å². The Morgan fingerprint density at radius 1 is 1.30 bits per heavy atom. The summed E-state index contributed by atoms with van der Waals surface area (Å²) in [6.07, 6.45) is 3.52. The third-order valence-corrected chi connectivity index (χ3v) is 4.77. The summed E-state index contributed by atoms with van der Waals surface area (Å²) in [7, 11) is 0. The molecule has 0 aliphatic carbocycles. The topological polar surface area (TPSA) is 48.5 Å². The molecule has 3 rings (SSSR count). The molecular formula is C16H16ClN5S. The van der Waals surface area contributed by atoms with Crippen LogP contribution in [-0.4, -0.2) is 24.5 Å². The number of thioether (sulfide) groups is 1. The van der Waals surface area contributed by atoms with Gasteiger partial charge in [0.25, 0.3) is 0 Å². The number of rotatable bonds is 6. The van der Waals surface area contributed by atoms with Crippen LogP contribution < -0.4 is 0 Å². The summed E-state index contributed by atoms with van der Waals surface area (Å²) in [6.45, 7) is 6.39. The smallest absolute Gasteiger partial charge is 0.191 e. The first-order valence-electron chi connectivity index (χ1n) is 7.11. The van der Waals surface area contributed by atoms with Crippen LogP contribution in [0.4, 0.5) is 0 Å². The highest BCUT2D eigenvalue weighted by Gasteiger charge is 2.16. The van der Waals surface area contributed by atoms with Gasteiger partial charge in [-0.1, -0.05) is 47.6 Å². The zero-order valence-electron chi connectivity index (χ0n) is 12.7. The molecule has 0 fully saturated rings. The minimum atomic E-state index is 0.635. The summed E-state index contributed by atoms with van der Waals surface area (Å²) in [4.78, 5) is 0. The van der Waals surface area contributed by atoms with Crippen molar-refractivity contribution in [1.82, 2.24) is 24.5 Å². The molecule has 0 saturated carbocycles. The van der Waals surface area contributed by atoms with E-state index in [1.165, 1.54) is 0 Å². The number of aromatic nitrogens is 5. The molecule has 2 heterocycles. The fourth-order valence-electron chi connectivity index (χ4n) is 2.19. The van der Waals surface area contributed by atoms with E-state index in [0.717, 1.165) is 22.1 Å². The van der Waals surface area contributed by atoms with Crippen molar-refractivity contribution < 1.29 is 0 Å². The molecule has 1 aromatic carbocycles. The van der Waals surface area contributed by atoms with E-state index in [1.807, 2.05) is 47.9 Å². The number of para-hydroxylation sites is 1. The molecule has 0 saturated heterocycles. The normalized spacial score (nSPS) is 10.9. The fraction of sp³-hybridized carbons (Fsp3) is 0.188. The van der Waals surface area contributed by atoms with Gasteiger partial charge in [-0.3, -0.25) is 0 Å². The number of allylic oxidation sites excluding steroid dienone is 1. The first-order chi connectivity index (χ1) is 11.2. The lowest BCUT2D eigenvalue weighted by Crippen LogP contribution is -1.97. The van der Waals surface area contributed by atoms with Crippen LogP contribution >= 0.6 is 23.4 Å². The van der Waals surface area contributed by atoms with Gasteiger partial charge in [0.15, 0.2) is 5.16 Å². The van der Waals surface area contributed by atoms with Crippen LogP contribution in [0, 0.1) is 6.92 Å². The minimum Gasteiger partial charge on any atom is -0.305 e. The SMILES string of the molecule is C=CCn1cnnc1SCc1c(C)nn(-c2ccccc2)c1Cl. The Balaban J connectivity index is 1.82. The maximum Gasteiger partial charge on any atom is 0.191 e. The van der Waals surface area contributed by atoms with Crippen molar-refractivity contribution in [3.05, 3.63) is 65.7 Å². The van der Waals surface area contributed by atoms with Gasteiger partial charge >= 0.3 is 0 Å². The molecule has 5 nitrogen and oxygen atoms in total. The first-order valence-corrected chi connectivity index (χ1v) is 8.48. The molecule has 0 unspecified atom stereocenters. The van der Waals surface area contributed by atoms with Gasteiger partial charge in [-0.15, -0.1) is 16.8 Å². The van der Waals surface area contributed by atoms with Gasteiger partial charge < -0.3 is 4.57 Å². The van der Waals surface area contributed by atoms with E-state index >= 15 is 0 Å². The van der Waals surface area contributed by atoms with Crippen LogP contribution in [0.2, 0.25) is 5.15 Å². The zero-order chi connectivity index (χ0) is 16.2. The number of hydrogen-bond donors (Lipinski definition) is 0. The third-order valence-electron chi connectivity index (χ3n) is 3.37. The van der Waals surface area contributed by atoms with Crippen molar-refractivity contribution in [3.8, 4) is 5.69 Å². The summed E-state index contributed by atoms with van der Waals surface area (Å²) < 4.78 is 3.71. The van der Waals surface area contributed by atoms with E-state index in [0.29, 0.717) is 17.5 Å². The molecule has 0 bridgehead atoms. The second kappa shape index (κ2) is 7.02. The largest absolute Gasteiger partial charge is 0.305 e. The predicted octanol–water partition coefficient (Wildman–Crippen LogP) is 3.90. The van der Waals surface area contributed by atoms with Crippen LogP contribution in [0.3, 0.4) is 0 Å². The number of halogens is 1. The van der Waals surface area contributed by atoms with Crippen LogP contribution in [-0.2, 0) is 12.3 Å². The molecule has 0 N–H and O–H groups in total. The standard InChI is InChI=1S/C16H16ClN5S/c1-3-9-21-11-18-19-16(21)23-10-14-12(2)20-22(15(14)17)13-7-5-4-6-8-13/h3-8,11H,1,9-10H2,2H3. The van der Waals surface area contributed by atoms with E-state index in [4.69, 9.17) is 11.6 Å². The average molecular weight is 346 g/mol. The summed E-state index contributed by atoms with van der Waals surface area (Å²) >= 11 is 8.12. The lowest BCUT2D eigenvalue weighted by molar-refractivity contribution is 0.725. The van der Waals surface area contributed by atoms with Gasteiger partial charge in [0, 0.05) is 17.9 Å². The Bertz CT molecular complexity index is 809. The second-order valence-electron chi connectivity index (χ2n) is 4.95. The quantitative estimate of drug-likeness (QED) is 0.502. The van der Waals surface area contributed by atoms with E-state index in [-0.39, 0.29) is 0 Å². The molecule has 0 aliphatic heterocycles. The van der Waals surface area contributed by atoms with Crippen LogP contribution in [0.1, 0.15) is 11.3 Å². The van der Waals surface area contributed by atoms with E-state index < -0.39 is 0 Å². The van der Waals surface area contributed by atoms with Crippen molar-refractivity contribution >= 4 is 23.4 Å². The molecule has 0 aliphatic rings. The van der Waals surface area contributed by atoms with Gasteiger partial charge in [0.2, 0.25) is 0 Å². The summed E-state index contributed by atoms with van der Waals surface area (Å²) in [5.74, 6) is 0.688. The van der Waals surface area contributed by atoms with Crippen molar-refractivity contribution in [3.63, 3.8) is 0 Å². The molecule has 23 heavy (non-hydrogen) atoms. The van der Waals surface area contributed by atoms with E-state index in [1.54, 1.807) is 22.8 Å². The molecular weight excluding hydrogens is 330 g/mol. The molecule has 118 valence electrons. The van der Waals surface area contributed by atoms with Gasteiger partial charge in [0.1, 0.15) is 11.5 Å². The number of benzene rings is 1. The third kappa shape index (κ3) is 3.33. The number of hydrogen-bond acceptors (Lipinski definition) is 4. The molecule has 0 radical (unpaired) electrons. The Kier molecular flexibility index (Phi) is 4.83. The number of nitrogens with zero attached hydrogens (tertiary/aromatic N) is 5. The van der Waals surface area contributed by atoms with Gasteiger partial charge in [-0.05, 0) is 19.1 Å². The monoisotopic (exact) mass is 345 g/mol. The Morgan fingerprint density at radius 3 is 2.83 bits per heavy atom. The minimum absolute atomic E-state index is 0.635. The summed E-state index contributed by atoms with van der Waals surface area (Å²) in [5.41, 5.74) is 2.88. The Morgan fingerprint density at radius 2 is 2.09 bits per heavy atom. The van der Waals surface area contributed by atoms with Crippen molar-refractivity contribution in [1.29, 1.82) is 0 Å². The molecule has 3 aromatic rings.